The van der Waals surface area contributed by atoms with Crippen LogP contribution in [0.3, 0.4) is 0 Å². The van der Waals surface area contributed by atoms with Crippen molar-refractivity contribution in [2.75, 3.05) is 3.76 Å². The van der Waals surface area contributed by atoms with E-state index in [4.69, 9.17) is 0 Å². The van der Waals surface area contributed by atoms with Gasteiger partial charge < -0.3 is 4.55 Å². The van der Waals surface area contributed by atoms with E-state index < -0.39 is 10.1 Å². The van der Waals surface area contributed by atoms with Gasteiger partial charge in [-0.1, -0.05) is 22.6 Å². The van der Waals surface area contributed by atoms with Crippen LogP contribution in [0.5, 0.6) is 0 Å². The van der Waals surface area contributed by atoms with E-state index in [1.165, 1.54) is 22.6 Å². The predicted molar refractivity (Wildman–Crippen MR) is 28.6 cm³/mol. The summed E-state index contributed by atoms with van der Waals surface area (Å²) < 4.78 is 28.0. The molecule has 0 aliphatic rings. The molecule has 0 unspecified atom stereocenters. The molecule has 0 rings (SSSR count). The molecular formula is CH2INa2O3S+. The van der Waals surface area contributed by atoms with Crippen LogP contribution in [-0.2, 0) is 10.1 Å². The van der Waals surface area contributed by atoms with Gasteiger partial charge in [0.1, 0.15) is 10.1 Å². The van der Waals surface area contributed by atoms with Crippen LogP contribution in [0, 0.1) is 0 Å². The van der Waals surface area contributed by atoms with Crippen molar-refractivity contribution < 1.29 is 72.1 Å². The molecule has 0 saturated carbocycles. The summed E-state index contributed by atoms with van der Waals surface area (Å²) in [5.74, 6) is 0. The molecule has 0 fully saturated rings. The van der Waals surface area contributed by atoms with Gasteiger partial charge in [0.05, 0.1) is 3.76 Å². The first-order valence-electron chi connectivity index (χ1n) is 1.06. The van der Waals surface area contributed by atoms with E-state index in [-0.39, 0.29) is 62.9 Å². The molecule has 3 nitrogen and oxygen atoms in total. The average molecular weight is 267 g/mol. The summed E-state index contributed by atoms with van der Waals surface area (Å²) in [5.41, 5.74) is 0. The van der Waals surface area contributed by atoms with Gasteiger partial charge in [0, 0.05) is 0 Å². The second-order valence-electron chi connectivity index (χ2n) is 0.667. The zero-order valence-corrected chi connectivity index (χ0v) is 11.7. The fraction of sp³-hybridized carbons (Fsp3) is 1.00. The van der Waals surface area contributed by atoms with Crippen molar-refractivity contribution in [3.8, 4) is 0 Å². The first-order chi connectivity index (χ1) is 2.56. The normalized spacial score (nSPS) is 8.75. The summed E-state index contributed by atoms with van der Waals surface area (Å²) in [7, 11) is -3.93. The maximum Gasteiger partial charge on any atom is 1.00 e. The molecule has 0 aliphatic carbocycles. The molecular weight excluding hydrogens is 265 g/mol. The largest absolute Gasteiger partial charge is 1.00 e. The summed E-state index contributed by atoms with van der Waals surface area (Å²) >= 11 is 1.49. The zero-order chi connectivity index (χ0) is 5.21. The predicted octanol–water partition coefficient (Wildman–Crippen LogP) is -6.07. The van der Waals surface area contributed by atoms with E-state index in [0.29, 0.717) is 0 Å². The quantitative estimate of drug-likeness (QED) is 0.206. The Kier molecular flexibility index (Phi) is 16.4. The van der Waals surface area contributed by atoms with Gasteiger partial charge in [0.2, 0.25) is 0 Å². The van der Waals surface area contributed by atoms with Crippen molar-refractivity contribution in [1.29, 1.82) is 0 Å². The molecule has 0 amide bonds. The van der Waals surface area contributed by atoms with Gasteiger partial charge in [0.15, 0.2) is 0 Å². The van der Waals surface area contributed by atoms with Crippen LogP contribution in [0.25, 0.3) is 0 Å². The first-order valence-corrected chi connectivity index (χ1v) is 4.16. The molecule has 38 valence electrons. The van der Waals surface area contributed by atoms with Gasteiger partial charge >= 0.3 is 59.1 Å². The van der Waals surface area contributed by atoms with Crippen LogP contribution in [0.15, 0.2) is 0 Å². The maximum atomic E-state index is 9.44. The third-order valence-corrected chi connectivity index (χ3v) is 2.69. The van der Waals surface area contributed by atoms with Gasteiger partial charge in [-0.25, -0.2) is 8.42 Å². The Balaban J connectivity index is -0.000000125. The molecule has 0 aromatic rings. The Bertz CT molecular complexity index is 119. The van der Waals surface area contributed by atoms with Crippen molar-refractivity contribution in [2.45, 2.75) is 0 Å². The molecule has 0 aromatic heterocycles. The van der Waals surface area contributed by atoms with Crippen molar-refractivity contribution in [1.82, 2.24) is 0 Å². The minimum Gasteiger partial charge on any atom is -0.747 e. The Hall–Kier alpha value is 2.64. The van der Waals surface area contributed by atoms with Crippen LogP contribution < -0.4 is 59.1 Å². The maximum absolute atomic E-state index is 9.44. The summed E-state index contributed by atoms with van der Waals surface area (Å²) in [5, 5.41) is 0. The average Bonchev–Trinajstić information content (AvgIpc) is 1.35. The molecule has 0 N–H and O–H groups in total. The summed E-state index contributed by atoms with van der Waals surface area (Å²) in [6, 6.07) is 0. The Morgan fingerprint density at radius 3 is 1.50 bits per heavy atom. The fourth-order valence-electron chi connectivity index (χ4n) is 0. The Labute approximate surface area is 106 Å². The smallest absolute Gasteiger partial charge is 0.747 e. The van der Waals surface area contributed by atoms with Gasteiger partial charge in [-0.3, -0.25) is 0 Å². The molecule has 0 spiro atoms. The van der Waals surface area contributed by atoms with Gasteiger partial charge in [-0.05, 0) is 0 Å². The Morgan fingerprint density at radius 1 is 1.38 bits per heavy atom. The molecule has 0 atom stereocenters. The summed E-state index contributed by atoms with van der Waals surface area (Å²) in [4.78, 5) is 0. The number of alkyl halides is 1. The summed E-state index contributed by atoms with van der Waals surface area (Å²) in [6.07, 6.45) is 0. The van der Waals surface area contributed by atoms with Crippen LogP contribution in [0.1, 0.15) is 0 Å². The van der Waals surface area contributed by atoms with E-state index >= 15 is 0 Å². The van der Waals surface area contributed by atoms with Crippen LogP contribution >= 0.6 is 22.6 Å². The molecule has 0 heterocycles. The van der Waals surface area contributed by atoms with Crippen LogP contribution in [0.2, 0.25) is 0 Å². The molecule has 0 saturated heterocycles. The van der Waals surface area contributed by atoms with Crippen molar-refractivity contribution in [3.63, 3.8) is 0 Å². The number of hydrogen-bond donors (Lipinski definition) is 0. The molecule has 0 aliphatic heterocycles. The van der Waals surface area contributed by atoms with Crippen LogP contribution in [-0.4, -0.2) is 16.7 Å². The van der Waals surface area contributed by atoms with Crippen molar-refractivity contribution >= 4 is 32.7 Å². The van der Waals surface area contributed by atoms with E-state index in [1.807, 2.05) is 0 Å². The monoisotopic (exact) mass is 267 g/mol. The number of hydrogen-bond acceptors (Lipinski definition) is 3. The zero-order valence-electron chi connectivity index (χ0n) is 4.72. The minimum absolute atomic E-state index is 0. The first kappa shape index (κ1) is 16.9. The van der Waals surface area contributed by atoms with E-state index in [9.17, 15) is 13.0 Å². The molecule has 0 aromatic carbocycles. The minimum atomic E-state index is -3.93. The van der Waals surface area contributed by atoms with Gasteiger partial charge in [0.25, 0.3) is 0 Å². The van der Waals surface area contributed by atoms with E-state index in [2.05, 4.69) is 0 Å². The van der Waals surface area contributed by atoms with Gasteiger partial charge in [-0.2, -0.15) is 0 Å². The molecule has 0 radical (unpaired) electrons. The fourth-order valence-corrected chi connectivity index (χ4v) is 0. The number of halogens is 1. The molecule has 0 bridgehead atoms. The second kappa shape index (κ2) is 7.74. The van der Waals surface area contributed by atoms with Crippen molar-refractivity contribution in [3.05, 3.63) is 0 Å². The Morgan fingerprint density at radius 2 is 1.50 bits per heavy atom. The third-order valence-electron chi connectivity index (χ3n) is 0.134. The van der Waals surface area contributed by atoms with Crippen molar-refractivity contribution in [2.24, 2.45) is 0 Å². The number of rotatable bonds is 1. The van der Waals surface area contributed by atoms with E-state index in [1.54, 1.807) is 0 Å². The third kappa shape index (κ3) is 15.9. The van der Waals surface area contributed by atoms with Gasteiger partial charge in [-0.15, -0.1) is 0 Å². The van der Waals surface area contributed by atoms with E-state index in [0.717, 1.165) is 0 Å². The SMILES string of the molecule is O=S(=O)([O-])CI.[Na+].[Na+]. The van der Waals surface area contributed by atoms with Crippen LogP contribution in [0.4, 0.5) is 0 Å². The molecule has 7 heteroatoms. The topological polar surface area (TPSA) is 57.2 Å². The molecule has 8 heavy (non-hydrogen) atoms. The second-order valence-corrected chi connectivity index (χ2v) is 3.87. The summed E-state index contributed by atoms with van der Waals surface area (Å²) in [6.45, 7) is 0. The standard InChI is InChI=1S/CH3IO3S.2Na/c2-1-6(3,4)5;;/h1H2,(H,3,4,5);;/q;2*+1/p-1.